The van der Waals surface area contributed by atoms with Gasteiger partial charge in [0, 0.05) is 64.0 Å². The Morgan fingerprint density at radius 1 is 0.421 bits per heavy atom. The van der Waals surface area contributed by atoms with Gasteiger partial charge in [-0.3, -0.25) is 14.9 Å². The predicted molar refractivity (Wildman–Crippen MR) is 563 cm³/mol. The Labute approximate surface area is 858 Å². The summed E-state index contributed by atoms with van der Waals surface area (Å²) >= 11 is -2.59. The first-order valence-corrected chi connectivity index (χ1v) is 51.6. The van der Waals surface area contributed by atoms with E-state index in [0.717, 1.165) is 179 Å². The molecule has 0 saturated heterocycles. The molecule has 140 heavy (non-hydrogen) atoms. The molecule has 6 atom stereocenters. The van der Waals surface area contributed by atoms with Crippen molar-refractivity contribution in [2.75, 3.05) is 34.0 Å². The fraction of sp³-hybridized carbons (Fsp3) is 0.548. The molecule has 0 spiro atoms. The minimum atomic E-state index is -2.59. The van der Waals surface area contributed by atoms with Crippen molar-refractivity contribution in [3.63, 3.8) is 0 Å². The summed E-state index contributed by atoms with van der Waals surface area (Å²) in [7, 11) is 2.78. The van der Waals surface area contributed by atoms with Gasteiger partial charge in [-0.25, -0.2) is 9.59 Å². The number of rotatable bonds is 19. The SMILES string of the molecule is CC(=O)OI(OC(C)=O)c1ccccc1.CC/C(=C/CCC1(C)CCc2c(C)c(O)c(C)c(C)c2O1)[N+](=O)[O-].CCCCCO.COC(=O)C1(C)CCc2c(C)c(C)c(C)c(C)c2O1.COC(=O)C1(C)CCc2c(C)c(O)c(C)c(C)c2O1.Cc1c(C)c(C)c2c(c1C)CCC(C)(/C=C/CCCO)O2.Cc1c(C)c(C)c2c(c1C)CCC(C)(C=O)O2.Cc1c(C)c(C)c2c(c1C)CCC(C)(CO)O2.[CH3-].[Pd]. The van der Waals surface area contributed by atoms with Crippen LogP contribution in [0.25, 0.3) is 0 Å². The molecule has 0 radical (unpaired) electrons. The van der Waals surface area contributed by atoms with Crippen LogP contribution < -0.4 is 28.4 Å². The zero-order valence-corrected chi connectivity index (χ0v) is 94.5. The molecule has 6 unspecified atom stereocenters. The van der Waals surface area contributed by atoms with Crippen LogP contribution in [-0.2, 0) is 98.5 Å². The average molecular weight is 2150 g/mol. The second kappa shape index (κ2) is 53.3. The van der Waals surface area contributed by atoms with E-state index >= 15 is 0 Å². The molecule has 13 rings (SSSR count). The van der Waals surface area contributed by atoms with Crippen molar-refractivity contribution in [1.82, 2.24) is 0 Å². The number of benzene rings is 7. The normalized spacial score (nSPS) is 19.7. The average Bonchev–Trinajstić information content (AvgIpc) is 0.760. The second-order valence-corrected chi connectivity index (χ2v) is 42.7. The molecule has 0 aromatic heterocycles. The third-order valence-corrected chi connectivity index (χ3v) is 33.3. The Morgan fingerprint density at radius 3 is 1.08 bits per heavy atom. The molecule has 0 amide bonds. The minimum absolute atomic E-state index is 0. The van der Waals surface area contributed by atoms with Crippen molar-refractivity contribution < 1.29 is 119 Å². The van der Waals surface area contributed by atoms with E-state index < -0.39 is 55.0 Å². The van der Waals surface area contributed by atoms with Gasteiger partial charge in [-0.1, -0.05) is 32.8 Å². The van der Waals surface area contributed by atoms with Gasteiger partial charge in [-0.05, 0) is 447 Å². The minimum Gasteiger partial charge on any atom is -0.507 e. The Morgan fingerprint density at radius 2 is 0.743 bits per heavy atom. The Kier molecular flexibility index (Phi) is 46.8. The Balaban J connectivity index is 0.000000338. The van der Waals surface area contributed by atoms with Crippen molar-refractivity contribution in [3.8, 4) is 46.0 Å². The van der Waals surface area contributed by atoms with E-state index in [-0.39, 0.29) is 74.8 Å². The van der Waals surface area contributed by atoms with E-state index in [1.807, 2.05) is 80.5 Å². The molecule has 5 N–H and O–H groups in total. The van der Waals surface area contributed by atoms with Gasteiger partial charge in [-0.2, -0.15) is 0 Å². The molecule has 0 fully saturated rings. The molecule has 7 aromatic carbocycles. The molecule has 6 aliphatic heterocycles. The first-order chi connectivity index (χ1) is 64.5. The fourth-order valence-corrected chi connectivity index (χ4v) is 20.9. The zero-order chi connectivity index (χ0) is 104. The number of ether oxygens (including phenoxy) is 8. The number of fused-ring (bicyclic) bond motifs is 6. The molecule has 780 valence electrons. The standard InChI is InChI=1S/C19H27NO4.C19H28O2.C16H22O3.C15H20O4.C15H22O2.C15H20O2.C10H11IO4.C5H12O.CH3.Pd/c1-6-15(20(22)23)8-7-10-19(5)11-9-16-14(4)17(21)12(2)13(3)18(16)24-19;1-13-14(2)16(4)18-17(15(13)3)9-11-19(5,21-18)10-7-6-8-12-20;1-9-10(2)12(4)14-13(11(9)3)7-8-16(5,19-14)15(17)18-6;1-8-9(2)13-11(10(3)12(8)16)6-7-15(4,19-13)14(17)18-5;2*1-9-10(2)12(4)14-13(11(9)3)6-7-15(5,8-16)17-14;1-8(12)14-11(15-9(2)13)10-6-4-3-5-7-10;1-2-3-4-5-6;;/h8,21H,6-7,9-11H2,1-5H3;7,10,20H,6,8-9,11-12H2,1-5H3;7-8H2,1-6H3;16H,6-7H2,1-5H3;16H,6-8H2,1-5H3;8H,6-7H2,1-5H3;3-7H,1-2H3;6H,2-5H2,1H3;1H3;/q;;;;;;;;-1;/b15-8-;10-7+;;;;;;;;. The number of nitrogens with zero attached hydrogens (tertiary/aromatic N) is 1. The topological polar surface area (TPSA) is 322 Å². The van der Waals surface area contributed by atoms with Crippen LogP contribution >= 0.6 is 20.6 Å². The van der Waals surface area contributed by atoms with Crippen LogP contribution in [0.3, 0.4) is 0 Å². The predicted octanol–water partition coefficient (Wildman–Crippen LogP) is 25.0. The number of phenols is 2. The van der Waals surface area contributed by atoms with Gasteiger partial charge in [0.2, 0.25) is 16.9 Å². The summed E-state index contributed by atoms with van der Waals surface area (Å²) < 4.78 is 57.2. The van der Waals surface area contributed by atoms with E-state index in [1.165, 1.54) is 140 Å². The van der Waals surface area contributed by atoms with Crippen LogP contribution in [0.15, 0.2) is 54.3 Å². The van der Waals surface area contributed by atoms with Gasteiger partial charge in [0.05, 0.1) is 25.7 Å². The van der Waals surface area contributed by atoms with Gasteiger partial charge < -0.3 is 70.9 Å². The maximum atomic E-state index is 11.9. The summed E-state index contributed by atoms with van der Waals surface area (Å²) in [6.07, 6.45) is 24.0. The number of hydrogen-bond donors (Lipinski definition) is 5. The molecule has 25 heteroatoms. The summed E-state index contributed by atoms with van der Waals surface area (Å²) in [4.78, 5) is 67.1. The number of aliphatic hydroxyl groups is 3. The van der Waals surface area contributed by atoms with E-state index in [1.54, 1.807) is 32.1 Å². The number of halogens is 1. The first-order valence-electron chi connectivity index (χ1n) is 48.8. The van der Waals surface area contributed by atoms with Crippen LogP contribution in [-0.4, -0.2) is 128 Å². The number of aliphatic hydroxyl groups excluding tert-OH is 3. The fourth-order valence-electron chi connectivity index (χ4n) is 18.2. The smallest absolute Gasteiger partial charge is 0.349 e. The molecule has 23 nitrogen and oxygen atoms in total. The van der Waals surface area contributed by atoms with Crippen molar-refractivity contribution in [2.24, 2.45) is 0 Å². The zero-order valence-electron chi connectivity index (χ0n) is 90.8. The third kappa shape index (κ3) is 29.7. The van der Waals surface area contributed by atoms with E-state index in [4.69, 9.17) is 54.2 Å². The third-order valence-electron chi connectivity index (χ3n) is 29.5. The van der Waals surface area contributed by atoms with Gasteiger partial charge in [-0.15, -0.1) is 0 Å². The summed E-state index contributed by atoms with van der Waals surface area (Å²) in [6, 6.07) is 9.05. The van der Waals surface area contributed by atoms with E-state index in [2.05, 4.69) is 144 Å². The maximum Gasteiger partial charge on any atom is 0.349 e. The van der Waals surface area contributed by atoms with Gasteiger partial charge in [0.25, 0.3) is 0 Å². The number of aromatic hydroxyl groups is 2. The number of allylic oxidation sites excluding steroid dienone is 3. The van der Waals surface area contributed by atoms with E-state index in [9.17, 15) is 49.4 Å². The number of nitro groups is 1. The summed E-state index contributed by atoms with van der Waals surface area (Å²) in [6.45, 7) is 64.6. The number of aldehydes is 1. The number of methoxy groups -OCH3 is 2. The van der Waals surface area contributed by atoms with Crippen molar-refractivity contribution in [1.29, 1.82) is 0 Å². The van der Waals surface area contributed by atoms with Crippen LogP contribution in [0.5, 0.6) is 46.0 Å². The van der Waals surface area contributed by atoms with Crippen LogP contribution in [0.1, 0.15) is 315 Å². The number of unbranched alkanes of at least 4 members (excludes halogenated alkanes) is 3. The largest absolute Gasteiger partial charge is 0.507 e. The molecule has 0 aliphatic carbocycles. The summed E-state index contributed by atoms with van der Waals surface area (Å²) in [5.41, 5.74) is 30.2. The number of carbonyl (C=O) groups is 5. The monoisotopic (exact) mass is 2140 g/mol. The van der Waals surface area contributed by atoms with Crippen molar-refractivity contribution in [2.45, 2.75) is 384 Å². The van der Waals surface area contributed by atoms with Crippen molar-refractivity contribution >= 4 is 50.8 Å². The number of carbonyl (C=O) groups excluding carboxylic acids is 5. The van der Waals surface area contributed by atoms with Gasteiger partial charge >= 0.3 is 108 Å². The second-order valence-electron chi connectivity index (χ2n) is 39.3. The van der Waals surface area contributed by atoms with Crippen LogP contribution in [0, 0.1) is 173 Å². The molecular weight excluding hydrogens is 1980 g/mol. The Hall–Kier alpha value is -9.36. The molecule has 6 aliphatic rings. The van der Waals surface area contributed by atoms with Gasteiger partial charge in [0.1, 0.15) is 62.8 Å². The molecule has 0 saturated carbocycles. The number of phenolic OH excluding ortho intramolecular Hbond substituents is 2. The van der Waals surface area contributed by atoms with Crippen LogP contribution in [0.4, 0.5) is 0 Å². The van der Waals surface area contributed by atoms with Crippen molar-refractivity contribution in [3.05, 3.63) is 231 Å². The summed E-state index contributed by atoms with van der Waals surface area (Å²) in [5, 5.41) is 57.7. The molecule has 7 aromatic rings. The van der Waals surface area contributed by atoms with Crippen LogP contribution in [0.2, 0.25) is 0 Å². The number of esters is 2. The maximum absolute atomic E-state index is 11.9. The summed E-state index contributed by atoms with van der Waals surface area (Å²) in [5.74, 6) is 4.68. The first kappa shape index (κ1) is 123. The van der Waals surface area contributed by atoms with E-state index in [0.29, 0.717) is 56.0 Å². The number of hydrogen-bond acceptors (Lipinski definition) is 22. The Bertz CT molecular complexity index is 5500. The molecule has 6 heterocycles. The molecular formula is C115H165INO22Pd-. The quantitative estimate of drug-likeness (QED) is 0.00578. The molecule has 0 bridgehead atoms. The van der Waals surface area contributed by atoms with Gasteiger partial charge in [0.15, 0.2) is 11.9 Å².